The first-order valence-corrected chi connectivity index (χ1v) is 7.10. The lowest BCUT2D eigenvalue weighted by molar-refractivity contribution is -0.0328. The molecule has 1 saturated carbocycles. The fraction of sp³-hybridized carbons (Fsp3) is 0.571. The van der Waals surface area contributed by atoms with Gasteiger partial charge in [0.2, 0.25) is 0 Å². The molecule has 1 fully saturated rings. The van der Waals surface area contributed by atoms with Crippen molar-refractivity contribution < 1.29 is 9.84 Å². The van der Waals surface area contributed by atoms with Crippen LogP contribution in [0.2, 0.25) is 0 Å². The lowest BCUT2D eigenvalue weighted by Crippen LogP contribution is -2.42. The minimum atomic E-state index is -0.392. The summed E-state index contributed by atoms with van der Waals surface area (Å²) in [7, 11) is 0. The third-order valence-corrected chi connectivity index (χ3v) is 4.60. The first kappa shape index (κ1) is 11.5. The van der Waals surface area contributed by atoms with Crippen LogP contribution in [0.3, 0.4) is 0 Å². The number of aliphatic hydroxyl groups excluding tert-OH is 1. The molecule has 1 aliphatic carbocycles. The molecule has 1 N–H and O–H groups in total. The summed E-state index contributed by atoms with van der Waals surface area (Å²) in [6, 6.07) is 5.91. The molecule has 0 aromatic heterocycles. The maximum Gasteiger partial charge on any atom is 0.126 e. The zero-order chi connectivity index (χ0) is 12.0. The zero-order valence-electron chi connectivity index (χ0n) is 9.95. The summed E-state index contributed by atoms with van der Waals surface area (Å²) in [6.07, 6.45) is 3.80. The fourth-order valence-electron chi connectivity index (χ4n) is 2.94. The Labute approximate surface area is 110 Å². The van der Waals surface area contributed by atoms with E-state index in [1.165, 1.54) is 12.8 Å². The molecule has 0 radical (unpaired) electrons. The Hall–Kier alpha value is -0.540. The van der Waals surface area contributed by atoms with Crippen molar-refractivity contribution in [3.05, 3.63) is 28.2 Å². The quantitative estimate of drug-likeness (QED) is 0.899. The summed E-state index contributed by atoms with van der Waals surface area (Å²) >= 11 is 3.44. The van der Waals surface area contributed by atoms with Gasteiger partial charge in [-0.3, -0.25) is 0 Å². The highest BCUT2D eigenvalue weighted by Gasteiger charge is 2.49. The Balaban J connectivity index is 1.99. The highest BCUT2D eigenvalue weighted by molar-refractivity contribution is 9.10. The molecular weight excluding hydrogens is 280 g/mol. The Morgan fingerprint density at radius 3 is 2.88 bits per heavy atom. The van der Waals surface area contributed by atoms with Gasteiger partial charge in [-0.1, -0.05) is 22.9 Å². The van der Waals surface area contributed by atoms with Crippen molar-refractivity contribution in [1.29, 1.82) is 0 Å². The van der Waals surface area contributed by atoms with Crippen LogP contribution in [0, 0.1) is 5.92 Å². The molecule has 1 heterocycles. The predicted molar refractivity (Wildman–Crippen MR) is 70.1 cm³/mol. The summed E-state index contributed by atoms with van der Waals surface area (Å²) in [4.78, 5) is 0. The molecule has 2 atom stereocenters. The van der Waals surface area contributed by atoms with Crippen molar-refractivity contribution in [3.63, 3.8) is 0 Å². The van der Waals surface area contributed by atoms with E-state index in [1.807, 2.05) is 18.2 Å². The van der Waals surface area contributed by atoms with Crippen molar-refractivity contribution in [3.8, 4) is 5.75 Å². The van der Waals surface area contributed by atoms with Gasteiger partial charge in [-0.2, -0.15) is 0 Å². The Bertz CT molecular complexity index is 442. The average molecular weight is 297 g/mol. The van der Waals surface area contributed by atoms with Gasteiger partial charge in [0.15, 0.2) is 0 Å². The second kappa shape index (κ2) is 3.99. The molecule has 3 heteroatoms. The molecule has 2 nitrogen and oxygen atoms in total. The van der Waals surface area contributed by atoms with E-state index in [4.69, 9.17) is 4.74 Å². The molecule has 17 heavy (non-hydrogen) atoms. The Kier molecular flexibility index (Phi) is 2.71. The fourth-order valence-corrected chi connectivity index (χ4v) is 3.31. The second-order valence-electron chi connectivity index (χ2n) is 5.20. The second-order valence-corrected chi connectivity index (χ2v) is 6.11. The van der Waals surface area contributed by atoms with Crippen LogP contribution in [0.5, 0.6) is 5.75 Å². The van der Waals surface area contributed by atoms with Crippen LogP contribution >= 0.6 is 15.9 Å². The maximum absolute atomic E-state index is 10.3. The lowest BCUT2D eigenvalue weighted by atomic mass is 9.83. The molecule has 1 aromatic carbocycles. The van der Waals surface area contributed by atoms with Crippen LogP contribution < -0.4 is 4.74 Å². The molecular formula is C14H17BrO2. The molecule has 1 aromatic rings. The van der Waals surface area contributed by atoms with Crippen LogP contribution in [0.25, 0.3) is 0 Å². The normalized spacial score (nSPS) is 31.8. The van der Waals surface area contributed by atoms with E-state index in [-0.39, 0.29) is 5.60 Å². The first-order chi connectivity index (χ1) is 8.14. The van der Waals surface area contributed by atoms with Gasteiger partial charge in [-0.05, 0) is 43.4 Å². The average Bonchev–Trinajstić information content (AvgIpc) is 3.14. The van der Waals surface area contributed by atoms with E-state index in [0.29, 0.717) is 5.92 Å². The Morgan fingerprint density at radius 2 is 2.24 bits per heavy atom. The Morgan fingerprint density at radius 1 is 1.47 bits per heavy atom. The van der Waals surface area contributed by atoms with Gasteiger partial charge in [-0.25, -0.2) is 0 Å². The molecule has 2 aliphatic rings. The summed E-state index contributed by atoms with van der Waals surface area (Å²) < 4.78 is 7.23. The van der Waals surface area contributed by atoms with Crippen molar-refractivity contribution in [2.45, 2.75) is 44.3 Å². The van der Waals surface area contributed by atoms with Gasteiger partial charge >= 0.3 is 0 Å². The number of rotatable bonds is 2. The highest BCUT2D eigenvalue weighted by atomic mass is 79.9. The van der Waals surface area contributed by atoms with Crippen LogP contribution in [-0.2, 0) is 0 Å². The summed E-state index contributed by atoms with van der Waals surface area (Å²) in [6.45, 7) is 2.16. The van der Waals surface area contributed by atoms with Crippen molar-refractivity contribution in [1.82, 2.24) is 0 Å². The van der Waals surface area contributed by atoms with E-state index < -0.39 is 6.10 Å². The predicted octanol–water partition coefficient (Wildman–Crippen LogP) is 3.82. The lowest BCUT2D eigenvalue weighted by Gasteiger charge is -2.41. The van der Waals surface area contributed by atoms with E-state index in [0.717, 1.165) is 28.6 Å². The molecule has 3 rings (SSSR count). The highest BCUT2D eigenvalue weighted by Crippen LogP contribution is 2.52. The van der Waals surface area contributed by atoms with Crippen molar-refractivity contribution >= 4 is 15.9 Å². The van der Waals surface area contributed by atoms with Gasteiger partial charge in [0.05, 0.1) is 6.10 Å². The van der Waals surface area contributed by atoms with E-state index in [1.54, 1.807) is 0 Å². The number of hydrogen-bond donors (Lipinski definition) is 1. The first-order valence-electron chi connectivity index (χ1n) is 6.31. The number of aliphatic hydroxyl groups is 1. The molecule has 1 unspecified atom stereocenters. The SMILES string of the molecule is CCC1(C2CC2)C[C@@H](O)c2cc(Br)ccc2O1. The minimum Gasteiger partial charge on any atom is -0.487 e. The summed E-state index contributed by atoms with van der Waals surface area (Å²) in [5.74, 6) is 1.50. The molecule has 0 saturated heterocycles. The standard InChI is InChI=1S/C14H17BrO2/c1-2-14(9-3-4-9)8-12(16)11-7-10(15)5-6-13(11)17-14/h5-7,9,12,16H,2-4,8H2,1H3/t12-,14?/m1/s1. The van der Waals surface area contributed by atoms with Crippen LogP contribution in [0.4, 0.5) is 0 Å². The molecule has 0 spiro atoms. The van der Waals surface area contributed by atoms with Crippen LogP contribution in [0.1, 0.15) is 44.3 Å². The number of ether oxygens (including phenoxy) is 1. The van der Waals surface area contributed by atoms with Gasteiger partial charge in [0, 0.05) is 16.5 Å². The zero-order valence-corrected chi connectivity index (χ0v) is 11.5. The van der Waals surface area contributed by atoms with E-state index in [9.17, 15) is 5.11 Å². The molecule has 0 bridgehead atoms. The summed E-state index contributed by atoms with van der Waals surface area (Å²) in [5, 5.41) is 10.3. The molecule has 0 amide bonds. The smallest absolute Gasteiger partial charge is 0.126 e. The van der Waals surface area contributed by atoms with Crippen molar-refractivity contribution in [2.24, 2.45) is 5.92 Å². The number of halogens is 1. The topological polar surface area (TPSA) is 29.5 Å². The number of hydrogen-bond acceptors (Lipinski definition) is 2. The van der Waals surface area contributed by atoms with E-state index in [2.05, 4.69) is 22.9 Å². The third kappa shape index (κ3) is 1.89. The van der Waals surface area contributed by atoms with Gasteiger partial charge in [-0.15, -0.1) is 0 Å². The van der Waals surface area contributed by atoms with Crippen LogP contribution in [-0.4, -0.2) is 10.7 Å². The van der Waals surface area contributed by atoms with Gasteiger partial charge in [0.1, 0.15) is 11.4 Å². The minimum absolute atomic E-state index is 0.125. The molecule has 1 aliphatic heterocycles. The van der Waals surface area contributed by atoms with E-state index >= 15 is 0 Å². The number of fused-ring (bicyclic) bond motifs is 1. The number of benzene rings is 1. The molecule has 92 valence electrons. The van der Waals surface area contributed by atoms with Crippen molar-refractivity contribution in [2.75, 3.05) is 0 Å². The maximum atomic E-state index is 10.3. The van der Waals surface area contributed by atoms with Gasteiger partial charge < -0.3 is 9.84 Å². The largest absolute Gasteiger partial charge is 0.487 e. The van der Waals surface area contributed by atoms with Crippen LogP contribution in [0.15, 0.2) is 22.7 Å². The third-order valence-electron chi connectivity index (χ3n) is 4.10. The summed E-state index contributed by atoms with van der Waals surface area (Å²) in [5.41, 5.74) is 0.796. The monoisotopic (exact) mass is 296 g/mol. The van der Waals surface area contributed by atoms with Gasteiger partial charge in [0.25, 0.3) is 0 Å².